The maximum atomic E-state index is 9.79. The Balaban J connectivity index is 3.68. The summed E-state index contributed by atoms with van der Waals surface area (Å²) in [6, 6.07) is 0. The van der Waals surface area contributed by atoms with Crippen LogP contribution in [0.25, 0.3) is 0 Å². The van der Waals surface area contributed by atoms with Gasteiger partial charge in [0, 0.05) is 6.42 Å². The molecule has 0 aliphatic carbocycles. The topological polar surface area (TPSA) is 77.8 Å². The second kappa shape index (κ2) is 5.00. The first-order valence-corrected chi connectivity index (χ1v) is 3.96. The molecule has 0 rings (SSSR count). The lowest BCUT2D eigenvalue weighted by molar-refractivity contribution is -0.112. The van der Waals surface area contributed by atoms with E-state index in [1.165, 1.54) is 0 Å². The normalized spacial score (nSPS) is 19.6. The summed E-state index contributed by atoms with van der Waals surface area (Å²) in [5, 5.41) is 26.4. The van der Waals surface area contributed by atoms with Crippen LogP contribution < -0.4 is 0 Å². The molecule has 0 fully saturated rings. The molecule has 0 radical (unpaired) electrons. The minimum Gasteiger partial charge on any atom is -0.390 e. The standard InChI is InChI=1S/C5H9IO4/c6-5(10)4(9)3(8)1-2-7/h2-5,8-10H,1H2. The number of alkyl halides is 1. The molecular formula is C5H9IO4. The van der Waals surface area contributed by atoms with Gasteiger partial charge in [0.2, 0.25) is 0 Å². The van der Waals surface area contributed by atoms with E-state index in [0.717, 1.165) is 0 Å². The molecule has 0 spiro atoms. The quantitative estimate of drug-likeness (QED) is 0.346. The van der Waals surface area contributed by atoms with E-state index >= 15 is 0 Å². The van der Waals surface area contributed by atoms with Crippen molar-refractivity contribution in [3.8, 4) is 0 Å². The SMILES string of the molecule is O=CCC(O)C(O)C(O)I. The molecule has 3 atom stereocenters. The van der Waals surface area contributed by atoms with Gasteiger partial charge >= 0.3 is 0 Å². The highest BCUT2D eigenvalue weighted by Crippen LogP contribution is 2.08. The van der Waals surface area contributed by atoms with Gasteiger partial charge in [-0.15, -0.1) is 0 Å². The molecule has 0 heterocycles. The van der Waals surface area contributed by atoms with Gasteiger partial charge in [0.25, 0.3) is 0 Å². The zero-order valence-corrected chi connectivity index (χ0v) is 7.30. The van der Waals surface area contributed by atoms with E-state index in [2.05, 4.69) is 0 Å². The minimum atomic E-state index is -1.24. The van der Waals surface area contributed by atoms with Crippen molar-refractivity contribution in [2.75, 3.05) is 0 Å². The molecule has 60 valence electrons. The average Bonchev–Trinajstić information content (AvgIpc) is 1.87. The van der Waals surface area contributed by atoms with Crippen molar-refractivity contribution in [3.05, 3.63) is 0 Å². The van der Waals surface area contributed by atoms with Gasteiger partial charge < -0.3 is 20.1 Å². The van der Waals surface area contributed by atoms with E-state index in [4.69, 9.17) is 15.3 Å². The molecule has 0 aromatic rings. The first-order valence-electron chi connectivity index (χ1n) is 2.71. The summed E-state index contributed by atoms with van der Waals surface area (Å²) in [5.41, 5.74) is 0. The van der Waals surface area contributed by atoms with E-state index < -0.39 is 16.3 Å². The second-order valence-corrected chi connectivity index (χ2v) is 3.11. The third-order valence-electron chi connectivity index (χ3n) is 1.01. The Morgan fingerprint density at radius 2 is 1.90 bits per heavy atom. The van der Waals surface area contributed by atoms with Gasteiger partial charge in [0.15, 0.2) is 0 Å². The van der Waals surface area contributed by atoms with Gasteiger partial charge in [-0.1, -0.05) is 0 Å². The molecule has 10 heavy (non-hydrogen) atoms. The van der Waals surface area contributed by atoms with Crippen molar-refractivity contribution in [2.45, 2.75) is 22.7 Å². The van der Waals surface area contributed by atoms with Crippen LogP contribution in [0.4, 0.5) is 0 Å². The fourth-order valence-electron chi connectivity index (χ4n) is 0.421. The van der Waals surface area contributed by atoms with Crippen LogP contribution in [0.2, 0.25) is 0 Å². The van der Waals surface area contributed by atoms with E-state index in [0.29, 0.717) is 6.29 Å². The van der Waals surface area contributed by atoms with Gasteiger partial charge in [-0.3, -0.25) is 0 Å². The molecule has 0 saturated carbocycles. The molecule has 3 unspecified atom stereocenters. The monoisotopic (exact) mass is 260 g/mol. The first kappa shape index (κ1) is 10.3. The molecule has 5 heteroatoms. The third kappa shape index (κ3) is 3.45. The number of hydrogen-bond acceptors (Lipinski definition) is 4. The number of carbonyl (C=O) groups excluding carboxylic acids is 1. The molecular weight excluding hydrogens is 251 g/mol. The molecule has 0 aliphatic heterocycles. The Kier molecular flexibility index (Phi) is 5.14. The van der Waals surface area contributed by atoms with Crippen LogP contribution in [0.5, 0.6) is 0 Å². The lowest BCUT2D eigenvalue weighted by Gasteiger charge is -2.16. The largest absolute Gasteiger partial charge is 0.390 e. The van der Waals surface area contributed by atoms with Crippen LogP contribution in [-0.4, -0.2) is 37.9 Å². The smallest absolute Gasteiger partial charge is 0.133 e. The van der Waals surface area contributed by atoms with Gasteiger partial charge in [-0.25, -0.2) is 0 Å². The maximum absolute atomic E-state index is 9.79. The van der Waals surface area contributed by atoms with Gasteiger partial charge in [0.05, 0.1) is 6.10 Å². The van der Waals surface area contributed by atoms with Crippen molar-refractivity contribution in [1.82, 2.24) is 0 Å². The average molecular weight is 260 g/mol. The number of halogens is 1. The Hall–Kier alpha value is 0.280. The summed E-state index contributed by atoms with van der Waals surface area (Å²) in [4.78, 5) is 9.79. The molecule has 0 amide bonds. The van der Waals surface area contributed by atoms with Crippen LogP contribution in [0.15, 0.2) is 0 Å². The fourth-order valence-corrected chi connectivity index (χ4v) is 0.901. The van der Waals surface area contributed by atoms with Crippen molar-refractivity contribution in [2.24, 2.45) is 0 Å². The Bertz CT molecular complexity index is 106. The molecule has 0 aromatic heterocycles. The van der Waals surface area contributed by atoms with Crippen LogP contribution in [0.3, 0.4) is 0 Å². The second-order valence-electron chi connectivity index (χ2n) is 1.83. The number of aliphatic hydroxyl groups excluding tert-OH is 3. The number of aliphatic hydroxyl groups is 3. The van der Waals surface area contributed by atoms with E-state index in [1.807, 2.05) is 0 Å². The third-order valence-corrected chi connectivity index (χ3v) is 1.75. The predicted octanol–water partition coefficient (Wildman–Crippen LogP) is -0.949. The molecule has 0 saturated heterocycles. The van der Waals surface area contributed by atoms with Gasteiger partial charge in [-0.05, 0) is 22.6 Å². The molecule has 4 nitrogen and oxygen atoms in total. The molecule has 0 aromatic carbocycles. The molecule has 0 bridgehead atoms. The summed E-state index contributed by atoms with van der Waals surface area (Å²) < 4.78 is -1.03. The summed E-state index contributed by atoms with van der Waals surface area (Å²) >= 11 is 1.55. The van der Waals surface area contributed by atoms with E-state index in [9.17, 15) is 4.79 Å². The number of rotatable bonds is 4. The molecule has 0 aliphatic rings. The van der Waals surface area contributed by atoms with Crippen LogP contribution >= 0.6 is 22.6 Å². The first-order chi connectivity index (χ1) is 4.59. The highest BCUT2D eigenvalue weighted by molar-refractivity contribution is 14.1. The van der Waals surface area contributed by atoms with Gasteiger partial charge in [0.1, 0.15) is 16.5 Å². The zero-order chi connectivity index (χ0) is 8.15. The zero-order valence-electron chi connectivity index (χ0n) is 5.14. The van der Waals surface area contributed by atoms with Crippen LogP contribution in [-0.2, 0) is 4.79 Å². The van der Waals surface area contributed by atoms with Crippen LogP contribution in [0, 0.1) is 0 Å². The summed E-state index contributed by atoms with van der Waals surface area (Å²) in [7, 11) is 0. The Labute approximate surface area is 72.0 Å². The summed E-state index contributed by atoms with van der Waals surface area (Å²) in [6.07, 6.45) is -2.07. The molecule has 3 N–H and O–H groups in total. The van der Waals surface area contributed by atoms with Crippen molar-refractivity contribution >= 4 is 28.9 Å². The Morgan fingerprint density at radius 3 is 2.20 bits per heavy atom. The lowest BCUT2D eigenvalue weighted by Crippen LogP contribution is -2.33. The number of hydrogen-bond donors (Lipinski definition) is 3. The number of aldehydes is 1. The van der Waals surface area contributed by atoms with Crippen molar-refractivity contribution in [3.63, 3.8) is 0 Å². The van der Waals surface area contributed by atoms with Crippen LogP contribution in [0.1, 0.15) is 6.42 Å². The number of carbonyl (C=O) groups is 1. The van der Waals surface area contributed by atoms with Crippen molar-refractivity contribution in [1.29, 1.82) is 0 Å². The van der Waals surface area contributed by atoms with E-state index in [-0.39, 0.29) is 6.42 Å². The summed E-state index contributed by atoms with van der Waals surface area (Å²) in [6.45, 7) is 0. The maximum Gasteiger partial charge on any atom is 0.133 e. The Morgan fingerprint density at radius 1 is 1.40 bits per heavy atom. The predicted molar refractivity (Wildman–Crippen MR) is 42.7 cm³/mol. The fraction of sp³-hybridized carbons (Fsp3) is 0.800. The highest BCUT2D eigenvalue weighted by Gasteiger charge is 2.21. The van der Waals surface area contributed by atoms with E-state index in [1.54, 1.807) is 22.6 Å². The summed E-state index contributed by atoms with van der Waals surface area (Å²) in [5.74, 6) is 0. The lowest BCUT2D eigenvalue weighted by atomic mass is 10.2. The minimum absolute atomic E-state index is 0.152. The van der Waals surface area contributed by atoms with Gasteiger partial charge in [-0.2, -0.15) is 0 Å². The van der Waals surface area contributed by atoms with Crippen molar-refractivity contribution < 1.29 is 20.1 Å². The highest BCUT2D eigenvalue weighted by atomic mass is 127.